The van der Waals surface area contributed by atoms with E-state index in [-0.39, 0.29) is 11.4 Å². The number of nitrogens with zero attached hydrogens (tertiary/aromatic N) is 3. The minimum absolute atomic E-state index is 0.0355. The van der Waals surface area contributed by atoms with E-state index in [1.54, 1.807) is 12.1 Å². The lowest BCUT2D eigenvalue weighted by atomic mass is 10.2. The normalized spacial score (nSPS) is 11.1. The Hall–Kier alpha value is -3.02. The molecule has 0 saturated carbocycles. The molecule has 0 atom stereocenters. The third-order valence-electron chi connectivity index (χ3n) is 3.25. The predicted octanol–water partition coefficient (Wildman–Crippen LogP) is 2.09. The zero-order valence-corrected chi connectivity index (χ0v) is 13.2. The van der Waals surface area contributed by atoms with Gasteiger partial charge < -0.3 is 4.42 Å². The van der Waals surface area contributed by atoms with Crippen molar-refractivity contribution in [3.05, 3.63) is 66.3 Å². The minimum atomic E-state index is -3.73. The molecule has 1 aromatic carbocycles. The van der Waals surface area contributed by atoms with E-state index in [1.165, 1.54) is 42.9 Å². The molecule has 0 bridgehead atoms. The van der Waals surface area contributed by atoms with Crippen molar-refractivity contribution in [2.45, 2.75) is 11.4 Å². The van der Waals surface area contributed by atoms with Crippen LogP contribution in [0.1, 0.15) is 11.3 Å². The minimum Gasteiger partial charge on any atom is -0.463 e. The molecule has 8 heteroatoms. The van der Waals surface area contributed by atoms with Crippen molar-refractivity contribution in [1.82, 2.24) is 14.7 Å². The molecule has 0 aliphatic carbocycles. The smallest absolute Gasteiger partial charge is 0.240 e. The molecule has 3 rings (SSSR count). The highest BCUT2D eigenvalue weighted by atomic mass is 32.2. The molecule has 2 heterocycles. The van der Waals surface area contributed by atoms with Gasteiger partial charge in [-0.15, -0.1) is 0 Å². The summed E-state index contributed by atoms with van der Waals surface area (Å²) >= 11 is 0. The molecule has 0 fully saturated rings. The van der Waals surface area contributed by atoms with Gasteiger partial charge in [0.05, 0.1) is 35.0 Å². The van der Waals surface area contributed by atoms with Gasteiger partial charge in [-0.1, -0.05) is 0 Å². The molecule has 0 radical (unpaired) electrons. The fraction of sp³-hybridized carbons (Fsp3) is 0.0625. The number of sulfonamides is 1. The van der Waals surface area contributed by atoms with Gasteiger partial charge in [0.25, 0.3) is 0 Å². The number of aromatic nitrogens is 2. The Morgan fingerprint density at radius 2 is 1.88 bits per heavy atom. The molecule has 24 heavy (non-hydrogen) atoms. The third-order valence-corrected chi connectivity index (χ3v) is 4.67. The molecular formula is C16H12N4O3S. The van der Waals surface area contributed by atoms with Gasteiger partial charge in [0.2, 0.25) is 10.0 Å². The van der Waals surface area contributed by atoms with Crippen LogP contribution in [0, 0.1) is 11.3 Å². The number of nitriles is 1. The molecule has 2 aromatic heterocycles. The van der Waals surface area contributed by atoms with Crippen LogP contribution in [0.2, 0.25) is 0 Å². The van der Waals surface area contributed by atoms with Crippen LogP contribution in [0.4, 0.5) is 0 Å². The van der Waals surface area contributed by atoms with E-state index < -0.39 is 10.0 Å². The van der Waals surface area contributed by atoms with Crippen LogP contribution < -0.4 is 4.72 Å². The molecule has 0 aliphatic heterocycles. The first-order valence-corrected chi connectivity index (χ1v) is 8.42. The first-order valence-electron chi connectivity index (χ1n) is 6.94. The van der Waals surface area contributed by atoms with Gasteiger partial charge in [-0.05, 0) is 36.4 Å². The first-order chi connectivity index (χ1) is 11.6. The Morgan fingerprint density at radius 3 is 2.54 bits per heavy atom. The van der Waals surface area contributed by atoms with Gasteiger partial charge in [-0.3, -0.25) is 4.98 Å². The summed E-state index contributed by atoms with van der Waals surface area (Å²) in [4.78, 5) is 8.43. The number of benzene rings is 1. The summed E-state index contributed by atoms with van der Waals surface area (Å²) in [6.07, 6.45) is 4.50. The molecule has 3 aromatic rings. The predicted molar refractivity (Wildman–Crippen MR) is 84.9 cm³/mol. The maximum Gasteiger partial charge on any atom is 0.240 e. The highest BCUT2D eigenvalue weighted by Crippen LogP contribution is 2.20. The fourth-order valence-electron chi connectivity index (χ4n) is 2.07. The maximum absolute atomic E-state index is 12.3. The maximum atomic E-state index is 12.3. The zero-order valence-electron chi connectivity index (χ0n) is 12.4. The number of rotatable bonds is 5. The summed E-state index contributed by atoms with van der Waals surface area (Å²) in [6, 6.07) is 11.0. The van der Waals surface area contributed by atoms with Crippen molar-refractivity contribution < 1.29 is 12.8 Å². The van der Waals surface area contributed by atoms with Crippen molar-refractivity contribution in [2.24, 2.45) is 0 Å². The fourth-order valence-corrected chi connectivity index (χ4v) is 3.06. The van der Waals surface area contributed by atoms with Crippen LogP contribution in [0.15, 0.2) is 64.4 Å². The SMILES string of the molecule is N#Cc1ccc(S(=O)(=O)NCc2nccnc2-c2ccco2)cc1. The Bertz CT molecular complexity index is 975. The van der Waals surface area contributed by atoms with E-state index in [4.69, 9.17) is 9.68 Å². The van der Waals surface area contributed by atoms with Gasteiger partial charge in [0, 0.05) is 12.4 Å². The van der Waals surface area contributed by atoms with Crippen molar-refractivity contribution in [3.63, 3.8) is 0 Å². The van der Waals surface area contributed by atoms with E-state index in [1.807, 2.05) is 6.07 Å². The molecule has 0 amide bonds. The van der Waals surface area contributed by atoms with Crippen LogP contribution in [-0.2, 0) is 16.6 Å². The molecule has 7 nitrogen and oxygen atoms in total. The Balaban J connectivity index is 1.82. The van der Waals surface area contributed by atoms with Crippen LogP contribution in [0.25, 0.3) is 11.5 Å². The van der Waals surface area contributed by atoms with Gasteiger partial charge in [0.1, 0.15) is 5.69 Å². The summed E-state index contributed by atoms with van der Waals surface area (Å²) in [7, 11) is -3.73. The molecule has 0 aliphatic rings. The lowest BCUT2D eigenvalue weighted by Crippen LogP contribution is -2.24. The number of nitrogens with one attached hydrogen (secondary N) is 1. The van der Waals surface area contributed by atoms with E-state index in [0.29, 0.717) is 22.7 Å². The lowest BCUT2D eigenvalue weighted by Gasteiger charge is -2.08. The summed E-state index contributed by atoms with van der Waals surface area (Å²) in [5, 5.41) is 8.77. The van der Waals surface area contributed by atoms with Crippen LogP contribution in [0.5, 0.6) is 0 Å². The number of hydrogen-bond donors (Lipinski definition) is 1. The second-order valence-electron chi connectivity index (χ2n) is 4.79. The summed E-state index contributed by atoms with van der Waals surface area (Å²) in [6.45, 7) is -0.0355. The second kappa shape index (κ2) is 6.62. The average molecular weight is 340 g/mol. The standard InChI is InChI=1S/C16H12N4O3S/c17-10-12-3-5-13(6-4-12)24(21,22)20-11-14-16(19-8-7-18-14)15-2-1-9-23-15/h1-9,20H,11H2. The Labute approximate surface area is 138 Å². The number of furan rings is 1. The zero-order chi connectivity index (χ0) is 17.0. The van der Waals surface area contributed by atoms with Crippen LogP contribution >= 0.6 is 0 Å². The summed E-state index contributed by atoms with van der Waals surface area (Å²) in [5.74, 6) is 0.510. The highest BCUT2D eigenvalue weighted by Gasteiger charge is 2.17. The van der Waals surface area contributed by atoms with Gasteiger partial charge in [-0.2, -0.15) is 5.26 Å². The topological polar surface area (TPSA) is 109 Å². The van der Waals surface area contributed by atoms with E-state index >= 15 is 0 Å². The summed E-state index contributed by atoms with van der Waals surface area (Å²) in [5.41, 5.74) is 1.32. The van der Waals surface area contributed by atoms with Crippen LogP contribution in [0.3, 0.4) is 0 Å². The largest absolute Gasteiger partial charge is 0.463 e. The first kappa shape index (κ1) is 15.9. The second-order valence-corrected chi connectivity index (χ2v) is 6.56. The third kappa shape index (κ3) is 3.32. The monoisotopic (exact) mass is 340 g/mol. The van der Waals surface area contributed by atoms with E-state index in [2.05, 4.69) is 14.7 Å². The molecular weight excluding hydrogens is 328 g/mol. The van der Waals surface area contributed by atoms with Crippen molar-refractivity contribution in [3.8, 4) is 17.5 Å². The van der Waals surface area contributed by atoms with E-state index in [0.717, 1.165) is 0 Å². The molecule has 0 spiro atoms. The Morgan fingerprint density at radius 1 is 1.12 bits per heavy atom. The van der Waals surface area contributed by atoms with Gasteiger partial charge in [-0.25, -0.2) is 18.1 Å². The van der Waals surface area contributed by atoms with E-state index in [9.17, 15) is 8.42 Å². The molecule has 1 N–H and O–H groups in total. The van der Waals surface area contributed by atoms with Gasteiger partial charge >= 0.3 is 0 Å². The summed E-state index contributed by atoms with van der Waals surface area (Å²) < 4.78 is 32.4. The van der Waals surface area contributed by atoms with Gasteiger partial charge in [0.15, 0.2) is 5.76 Å². The molecule has 120 valence electrons. The number of hydrogen-bond acceptors (Lipinski definition) is 6. The van der Waals surface area contributed by atoms with Crippen molar-refractivity contribution >= 4 is 10.0 Å². The molecule has 0 unspecified atom stereocenters. The highest BCUT2D eigenvalue weighted by molar-refractivity contribution is 7.89. The van der Waals surface area contributed by atoms with Crippen molar-refractivity contribution in [2.75, 3.05) is 0 Å². The van der Waals surface area contributed by atoms with Crippen molar-refractivity contribution in [1.29, 1.82) is 5.26 Å². The quantitative estimate of drug-likeness (QED) is 0.761. The molecule has 0 saturated heterocycles. The van der Waals surface area contributed by atoms with Crippen LogP contribution in [-0.4, -0.2) is 18.4 Å². The lowest BCUT2D eigenvalue weighted by molar-refractivity contribution is 0.573. The average Bonchev–Trinajstić information content (AvgIpc) is 3.15. The Kier molecular flexibility index (Phi) is 4.37.